The van der Waals surface area contributed by atoms with E-state index in [4.69, 9.17) is 11.6 Å². The molecule has 6 heteroatoms. The normalized spacial score (nSPS) is 17.8. The van der Waals surface area contributed by atoms with Crippen LogP contribution in [0.15, 0.2) is 30.5 Å². The van der Waals surface area contributed by atoms with Gasteiger partial charge in [-0.1, -0.05) is 30.7 Å². The number of nitrogens with zero attached hydrogens (tertiary/aromatic N) is 4. The molecular weight excluding hydrogens is 322 g/mol. The summed E-state index contributed by atoms with van der Waals surface area (Å²) in [5, 5.41) is 12.3. The zero-order valence-corrected chi connectivity index (χ0v) is 14.8. The maximum Gasteiger partial charge on any atom is 0.244 e. The highest BCUT2D eigenvalue weighted by atomic mass is 35.5. The van der Waals surface area contributed by atoms with E-state index in [1.807, 2.05) is 24.3 Å². The van der Waals surface area contributed by atoms with Crippen LogP contribution < -0.4 is 10.2 Å². The molecular formula is C18H24ClN5. The van der Waals surface area contributed by atoms with Crippen LogP contribution in [0.5, 0.6) is 0 Å². The number of piperidine rings is 1. The highest BCUT2D eigenvalue weighted by molar-refractivity contribution is 6.30. The van der Waals surface area contributed by atoms with Gasteiger partial charge in [0.05, 0.1) is 6.20 Å². The molecule has 1 N–H and O–H groups in total. The molecule has 24 heavy (non-hydrogen) atoms. The number of hydrogen-bond acceptors (Lipinski definition) is 5. The van der Waals surface area contributed by atoms with Crippen molar-refractivity contribution in [1.82, 2.24) is 15.2 Å². The highest BCUT2D eigenvalue weighted by Crippen LogP contribution is 2.24. The Hall–Kier alpha value is -1.88. The van der Waals surface area contributed by atoms with Gasteiger partial charge in [-0.15, -0.1) is 5.10 Å². The number of anilines is 2. The number of halogens is 1. The van der Waals surface area contributed by atoms with E-state index in [0.29, 0.717) is 12.0 Å². The average Bonchev–Trinajstić information content (AvgIpc) is 2.63. The quantitative estimate of drug-likeness (QED) is 0.859. The summed E-state index contributed by atoms with van der Waals surface area (Å²) >= 11 is 5.91. The van der Waals surface area contributed by atoms with Crippen LogP contribution >= 0.6 is 11.6 Å². The fourth-order valence-corrected chi connectivity index (χ4v) is 3.33. The first kappa shape index (κ1) is 17.0. The van der Waals surface area contributed by atoms with Gasteiger partial charge in [-0.25, -0.2) is 0 Å². The SMILES string of the molecule is CCC1CCCCN1c1cnnc(NCCc2ccc(Cl)cc2)n1. The fraction of sp³-hybridized carbons (Fsp3) is 0.500. The Balaban J connectivity index is 1.59. The lowest BCUT2D eigenvalue weighted by molar-refractivity contribution is 0.446. The summed E-state index contributed by atoms with van der Waals surface area (Å²) in [5.74, 6) is 1.53. The maximum absolute atomic E-state index is 5.91. The summed E-state index contributed by atoms with van der Waals surface area (Å²) in [5.41, 5.74) is 1.23. The van der Waals surface area contributed by atoms with Gasteiger partial charge in [0.25, 0.3) is 0 Å². The molecule has 2 aromatic rings. The summed E-state index contributed by atoms with van der Waals surface area (Å²) in [6.07, 6.45) is 7.58. The summed E-state index contributed by atoms with van der Waals surface area (Å²) in [6, 6.07) is 8.48. The van der Waals surface area contributed by atoms with Crippen molar-refractivity contribution < 1.29 is 0 Å². The van der Waals surface area contributed by atoms with Crippen LogP contribution in [-0.2, 0) is 6.42 Å². The molecule has 5 nitrogen and oxygen atoms in total. The summed E-state index contributed by atoms with van der Waals surface area (Å²) in [4.78, 5) is 7.04. The van der Waals surface area contributed by atoms with E-state index in [0.717, 1.165) is 36.8 Å². The van der Waals surface area contributed by atoms with Gasteiger partial charge in [0.1, 0.15) is 0 Å². The Kier molecular flexibility index (Phi) is 5.86. The zero-order valence-electron chi connectivity index (χ0n) is 14.1. The van der Waals surface area contributed by atoms with Crippen LogP contribution in [0.4, 0.5) is 11.8 Å². The zero-order chi connectivity index (χ0) is 16.8. The van der Waals surface area contributed by atoms with Crippen molar-refractivity contribution >= 4 is 23.4 Å². The number of aromatic nitrogens is 3. The Morgan fingerprint density at radius 2 is 2.08 bits per heavy atom. The standard InChI is InChI=1S/C18H24ClN5/c1-2-16-5-3-4-12-24(16)17-13-21-23-18(22-17)20-11-10-14-6-8-15(19)9-7-14/h6-9,13,16H,2-5,10-12H2,1H3,(H,20,22,23). The van der Waals surface area contributed by atoms with Crippen molar-refractivity contribution in [2.75, 3.05) is 23.3 Å². The lowest BCUT2D eigenvalue weighted by Crippen LogP contribution is -2.39. The van der Waals surface area contributed by atoms with Crippen molar-refractivity contribution in [3.63, 3.8) is 0 Å². The van der Waals surface area contributed by atoms with Crippen LogP contribution in [0, 0.1) is 0 Å². The van der Waals surface area contributed by atoms with E-state index in [1.165, 1.54) is 24.8 Å². The molecule has 1 atom stereocenters. The van der Waals surface area contributed by atoms with Gasteiger partial charge in [0.2, 0.25) is 5.95 Å². The van der Waals surface area contributed by atoms with E-state index in [9.17, 15) is 0 Å². The first-order valence-electron chi connectivity index (χ1n) is 8.71. The predicted octanol–water partition coefficient (Wildman–Crippen LogP) is 3.95. The first-order chi connectivity index (χ1) is 11.8. The van der Waals surface area contributed by atoms with Crippen molar-refractivity contribution in [3.8, 4) is 0 Å². The van der Waals surface area contributed by atoms with Crippen LogP contribution in [0.1, 0.15) is 38.2 Å². The van der Waals surface area contributed by atoms with E-state index in [1.54, 1.807) is 6.20 Å². The van der Waals surface area contributed by atoms with Gasteiger partial charge in [0, 0.05) is 24.2 Å². The van der Waals surface area contributed by atoms with Gasteiger partial charge in [0.15, 0.2) is 5.82 Å². The molecule has 128 valence electrons. The minimum Gasteiger partial charge on any atom is -0.353 e. The minimum atomic E-state index is 0.567. The second-order valence-corrected chi connectivity index (χ2v) is 6.63. The third-order valence-electron chi connectivity index (χ3n) is 4.55. The highest BCUT2D eigenvalue weighted by Gasteiger charge is 2.22. The second kappa shape index (κ2) is 8.29. The van der Waals surface area contributed by atoms with E-state index in [-0.39, 0.29) is 0 Å². The van der Waals surface area contributed by atoms with Crippen LogP contribution in [0.25, 0.3) is 0 Å². The molecule has 1 aromatic heterocycles. The van der Waals surface area contributed by atoms with Crippen LogP contribution in [0.2, 0.25) is 5.02 Å². The monoisotopic (exact) mass is 345 g/mol. The molecule has 0 saturated carbocycles. The topological polar surface area (TPSA) is 53.9 Å². The summed E-state index contributed by atoms with van der Waals surface area (Å²) < 4.78 is 0. The Labute approximate surface area is 148 Å². The molecule has 0 aliphatic carbocycles. The molecule has 1 unspecified atom stereocenters. The van der Waals surface area contributed by atoms with Crippen molar-refractivity contribution in [2.45, 2.75) is 45.1 Å². The van der Waals surface area contributed by atoms with E-state index < -0.39 is 0 Å². The molecule has 1 aliphatic heterocycles. The fourth-order valence-electron chi connectivity index (χ4n) is 3.20. The molecule has 0 bridgehead atoms. The van der Waals surface area contributed by atoms with Gasteiger partial charge < -0.3 is 10.2 Å². The third-order valence-corrected chi connectivity index (χ3v) is 4.80. The Morgan fingerprint density at radius 1 is 1.25 bits per heavy atom. The number of rotatable bonds is 6. The summed E-state index contributed by atoms with van der Waals surface area (Å²) in [6.45, 7) is 4.06. The predicted molar refractivity (Wildman–Crippen MR) is 98.7 cm³/mol. The first-order valence-corrected chi connectivity index (χ1v) is 9.08. The number of benzene rings is 1. The largest absolute Gasteiger partial charge is 0.353 e. The molecule has 1 fully saturated rings. The number of nitrogens with one attached hydrogen (secondary N) is 1. The average molecular weight is 346 g/mol. The lowest BCUT2D eigenvalue weighted by atomic mass is 10.0. The maximum atomic E-state index is 5.91. The van der Waals surface area contributed by atoms with E-state index in [2.05, 4.69) is 32.3 Å². The Morgan fingerprint density at radius 3 is 2.88 bits per heavy atom. The molecule has 0 amide bonds. The number of hydrogen-bond donors (Lipinski definition) is 1. The smallest absolute Gasteiger partial charge is 0.244 e. The molecule has 1 aliphatic rings. The van der Waals surface area contributed by atoms with Gasteiger partial charge in [-0.05, 0) is 49.8 Å². The van der Waals surface area contributed by atoms with E-state index >= 15 is 0 Å². The molecule has 2 heterocycles. The Bertz CT molecular complexity index is 646. The third kappa shape index (κ3) is 4.35. The van der Waals surface area contributed by atoms with Crippen LogP contribution in [-0.4, -0.2) is 34.3 Å². The lowest BCUT2D eigenvalue weighted by Gasteiger charge is -2.35. The molecule has 3 rings (SSSR count). The van der Waals surface area contributed by atoms with Gasteiger partial charge in [-0.3, -0.25) is 0 Å². The molecule has 0 radical (unpaired) electrons. The van der Waals surface area contributed by atoms with Crippen molar-refractivity contribution in [1.29, 1.82) is 0 Å². The van der Waals surface area contributed by atoms with Gasteiger partial charge >= 0.3 is 0 Å². The minimum absolute atomic E-state index is 0.567. The molecule has 0 spiro atoms. The second-order valence-electron chi connectivity index (χ2n) is 6.19. The molecule has 1 saturated heterocycles. The van der Waals surface area contributed by atoms with Crippen molar-refractivity contribution in [3.05, 3.63) is 41.0 Å². The van der Waals surface area contributed by atoms with Gasteiger partial charge in [-0.2, -0.15) is 10.1 Å². The summed E-state index contributed by atoms with van der Waals surface area (Å²) in [7, 11) is 0. The van der Waals surface area contributed by atoms with Crippen LogP contribution in [0.3, 0.4) is 0 Å². The van der Waals surface area contributed by atoms with Crippen molar-refractivity contribution in [2.24, 2.45) is 0 Å². The molecule has 1 aromatic carbocycles.